The maximum atomic E-state index is 13.3. The minimum Gasteiger partial charge on any atom is -0.359 e. The first-order valence-corrected chi connectivity index (χ1v) is 11.1. The molecule has 0 aliphatic carbocycles. The van der Waals surface area contributed by atoms with E-state index < -0.39 is 18.5 Å². The van der Waals surface area contributed by atoms with Gasteiger partial charge in [0.2, 0.25) is 5.95 Å². The molecule has 0 spiro atoms. The smallest absolute Gasteiger partial charge is 0.359 e. The number of hydrogen-bond acceptors (Lipinski definition) is 8. The van der Waals surface area contributed by atoms with E-state index in [0.717, 1.165) is 11.1 Å². The SMILES string of the molecule is Fc1ccc(-c2cnc3nc(NCc4cccc(-c5ncccn5)c4)nc(NCC(F)(F)F)c3n2)cc1. The quantitative estimate of drug-likeness (QED) is 0.288. The minimum absolute atomic E-state index is 0.0554. The van der Waals surface area contributed by atoms with Gasteiger partial charge in [0.1, 0.15) is 12.4 Å². The molecule has 2 aromatic carbocycles. The molecule has 37 heavy (non-hydrogen) atoms. The Kier molecular flexibility index (Phi) is 6.54. The summed E-state index contributed by atoms with van der Waals surface area (Å²) in [5.41, 5.74) is 2.70. The number of hydrogen-bond donors (Lipinski definition) is 2. The highest BCUT2D eigenvalue weighted by atomic mass is 19.4. The summed E-state index contributed by atoms with van der Waals surface area (Å²) in [6.45, 7) is -1.04. The molecule has 0 atom stereocenters. The van der Waals surface area contributed by atoms with Crippen LogP contribution in [0.4, 0.5) is 29.3 Å². The van der Waals surface area contributed by atoms with Crippen molar-refractivity contribution in [2.75, 3.05) is 17.2 Å². The topological polar surface area (TPSA) is 101 Å². The predicted molar refractivity (Wildman–Crippen MR) is 130 cm³/mol. The molecule has 3 aromatic heterocycles. The van der Waals surface area contributed by atoms with Crippen molar-refractivity contribution in [2.24, 2.45) is 0 Å². The van der Waals surface area contributed by atoms with Crippen LogP contribution in [0.25, 0.3) is 33.8 Å². The zero-order valence-corrected chi connectivity index (χ0v) is 19.0. The Morgan fingerprint density at radius 1 is 0.784 bits per heavy atom. The highest BCUT2D eigenvalue weighted by Crippen LogP contribution is 2.25. The summed E-state index contributed by atoms with van der Waals surface area (Å²) in [6.07, 6.45) is 0.235. The third kappa shape index (κ3) is 5.92. The van der Waals surface area contributed by atoms with Crippen LogP contribution in [0.2, 0.25) is 0 Å². The van der Waals surface area contributed by atoms with Crippen LogP contribution in [-0.4, -0.2) is 42.6 Å². The molecule has 0 aliphatic heterocycles. The van der Waals surface area contributed by atoms with Gasteiger partial charge in [-0.3, -0.25) is 0 Å². The van der Waals surface area contributed by atoms with Gasteiger partial charge in [-0.2, -0.15) is 23.1 Å². The van der Waals surface area contributed by atoms with Gasteiger partial charge in [0.25, 0.3) is 0 Å². The van der Waals surface area contributed by atoms with Gasteiger partial charge in [-0.05, 0) is 42.0 Å². The molecule has 0 fully saturated rings. The fourth-order valence-electron chi connectivity index (χ4n) is 3.50. The summed E-state index contributed by atoms with van der Waals surface area (Å²) in [5.74, 6) is 0.0816. The number of aromatic nitrogens is 6. The fraction of sp³-hybridized carbons (Fsp3) is 0.120. The molecule has 186 valence electrons. The average molecular weight is 506 g/mol. The molecule has 5 rings (SSSR count). The number of halogens is 4. The Balaban J connectivity index is 1.44. The summed E-state index contributed by atoms with van der Waals surface area (Å²) >= 11 is 0. The van der Waals surface area contributed by atoms with E-state index in [1.165, 1.54) is 30.5 Å². The van der Waals surface area contributed by atoms with E-state index in [1.54, 1.807) is 18.5 Å². The van der Waals surface area contributed by atoms with Crippen molar-refractivity contribution in [2.45, 2.75) is 12.7 Å². The highest BCUT2D eigenvalue weighted by Gasteiger charge is 2.27. The van der Waals surface area contributed by atoms with Gasteiger partial charge in [-0.25, -0.2) is 24.3 Å². The number of rotatable bonds is 7. The summed E-state index contributed by atoms with van der Waals surface area (Å²) in [5, 5.41) is 5.32. The van der Waals surface area contributed by atoms with Gasteiger partial charge in [0.05, 0.1) is 11.9 Å². The van der Waals surface area contributed by atoms with Crippen LogP contribution in [0.5, 0.6) is 0 Å². The normalized spacial score (nSPS) is 11.5. The molecule has 12 heteroatoms. The second-order valence-corrected chi connectivity index (χ2v) is 7.93. The molecule has 2 N–H and O–H groups in total. The predicted octanol–water partition coefficient (Wildman–Crippen LogP) is 5.27. The number of alkyl halides is 3. The standard InChI is InChI=1S/C25H18F4N8/c26-18-7-5-16(6-8-18)19-13-32-22-20(35-19)23(34-14-25(27,28)29)37-24(36-22)33-12-15-3-1-4-17(11-15)21-30-9-2-10-31-21/h1-11,13H,12,14H2,(H2,32,33,34,36,37). The number of anilines is 2. The Hall–Kier alpha value is -4.74. The van der Waals surface area contributed by atoms with Gasteiger partial charge in [0, 0.05) is 30.1 Å². The summed E-state index contributed by atoms with van der Waals surface area (Å²) in [6, 6.07) is 14.7. The molecule has 0 radical (unpaired) electrons. The fourth-order valence-corrected chi connectivity index (χ4v) is 3.50. The molecule has 0 bridgehead atoms. The van der Waals surface area contributed by atoms with Crippen LogP contribution >= 0.6 is 0 Å². The number of nitrogens with zero attached hydrogens (tertiary/aromatic N) is 6. The van der Waals surface area contributed by atoms with Crippen molar-refractivity contribution >= 4 is 22.9 Å². The van der Waals surface area contributed by atoms with Crippen molar-refractivity contribution in [1.82, 2.24) is 29.9 Å². The van der Waals surface area contributed by atoms with E-state index in [2.05, 4.69) is 40.5 Å². The van der Waals surface area contributed by atoms with E-state index in [1.807, 2.05) is 24.3 Å². The van der Waals surface area contributed by atoms with Gasteiger partial charge >= 0.3 is 6.18 Å². The lowest BCUT2D eigenvalue weighted by molar-refractivity contribution is -0.115. The molecule has 0 saturated carbocycles. The molecular formula is C25H18F4N8. The summed E-state index contributed by atoms with van der Waals surface area (Å²) in [7, 11) is 0. The van der Waals surface area contributed by atoms with Gasteiger partial charge < -0.3 is 10.6 Å². The molecule has 0 amide bonds. The van der Waals surface area contributed by atoms with E-state index in [9.17, 15) is 17.6 Å². The monoisotopic (exact) mass is 506 g/mol. The van der Waals surface area contributed by atoms with Crippen molar-refractivity contribution < 1.29 is 17.6 Å². The van der Waals surface area contributed by atoms with Crippen LogP contribution in [0.3, 0.4) is 0 Å². The molecule has 0 unspecified atom stereocenters. The van der Waals surface area contributed by atoms with E-state index >= 15 is 0 Å². The Bertz CT molecular complexity index is 1530. The lowest BCUT2D eigenvalue weighted by atomic mass is 10.1. The lowest BCUT2D eigenvalue weighted by Crippen LogP contribution is -2.22. The second kappa shape index (κ2) is 10.1. The Morgan fingerprint density at radius 2 is 1.57 bits per heavy atom. The molecule has 3 heterocycles. The van der Waals surface area contributed by atoms with Crippen LogP contribution in [-0.2, 0) is 6.54 Å². The largest absolute Gasteiger partial charge is 0.405 e. The zero-order chi connectivity index (χ0) is 25.8. The third-order valence-corrected chi connectivity index (χ3v) is 5.20. The lowest BCUT2D eigenvalue weighted by Gasteiger charge is -2.13. The van der Waals surface area contributed by atoms with Crippen molar-refractivity contribution in [3.05, 3.63) is 84.6 Å². The summed E-state index contributed by atoms with van der Waals surface area (Å²) < 4.78 is 52.2. The second-order valence-electron chi connectivity index (χ2n) is 7.93. The minimum atomic E-state index is -4.48. The van der Waals surface area contributed by atoms with Crippen LogP contribution in [0.15, 0.2) is 73.2 Å². The maximum absolute atomic E-state index is 13.3. The molecular weight excluding hydrogens is 488 g/mol. The van der Waals surface area contributed by atoms with E-state index in [0.29, 0.717) is 17.1 Å². The summed E-state index contributed by atoms with van der Waals surface area (Å²) in [4.78, 5) is 25.7. The molecule has 0 saturated heterocycles. The highest BCUT2D eigenvalue weighted by molar-refractivity contribution is 5.85. The molecule has 5 aromatic rings. The van der Waals surface area contributed by atoms with Crippen LogP contribution in [0, 0.1) is 5.82 Å². The zero-order valence-electron chi connectivity index (χ0n) is 19.0. The number of fused-ring (bicyclic) bond motifs is 1. The van der Waals surface area contributed by atoms with Crippen LogP contribution < -0.4 is 10.6 Å². The molecule has 0 aliphatic rings. The van der Waals surface area contributed by atoms with E-state index in [4.69, 9.17) is 0 Å². The maximum Gasteiger partial charge on any atom is 0.405 e. The first kappa shape index (κ1) is 24.0. The van der Waals surface area contributed by atoms with Crippen molar-refractivity contribution in [1.29, 1.82) is 0 Å². The molecule has 8 nitrogen and oxygen atoms in total. The van der Waals surface area contributed by atoms with E-state index in [-0.39, 0.29) is 29.5 Å². The first-order chi connectivity index (χ1) is 17.8. The number of benzene rings is 2. The van der Waals surface area contributed by atoms with Gasteiger partial charge in [0.15, 0.2) is 22.8 Å². The third-order valence-electron chi connectivity index (χ3n) is 5.20. The Morgan fingerprint density at radius 3 is 2.32 bits per heavy atom. The van der Waals surface area contributed by atoms with Gasteiger partial charge in [-0.1, -0.05) is 18.2 Å². The van der Waals surface area contributed by atoms with Crippen molar-refractivity contribution in [3.63, 3.8) is 0 Å². The average Bonchev–Trinajstić information content (AvgIpc) is 2.91. The van der Waals surface area contributed by atoms with Crippen molar-refractivity contribution in [3.8, 4) is 22.6 Å². The number of nitrogens with one attached hydrogen (secondary N) is 2. The Labute approximate surface area is 207 Å². The van der Waals surface area contributed by atoms with Crippen LogP contribution in [0.1, 0.15) is 5.56 Å². The first-order valence-electron chi connectivity index (χ1n) is 11.1. The van der Waals surface area contributed by atoms with Gasteiger partial charge in [-0.15, -0.1) is 0 Å².